The van der Waals surface area contributed by atoms with E-state index in [2.05, 4.69) is 32.0 Å². The van der Waals surface area contributed by atoms with Gasteiger partial charge in [0.15, 0.2) is 0 Å². The lowest BCUT2D eigenvalue weighted by Crippen LogP contribution is -2.11. The average molecular weight is 225 g/mol. The van der Waals surface area contributed by atoms with Crippen LogP contribution in [-0.4, -0.2) is 6.10 Å². The highest BCUT2D eigenvalue weighted by Crippen LogP contribution is 2.26. The highest BCUT2D eigenvalue weighted by atomic mass is 16.5. The molecule has 1 heteroatoms. The Morgan fingerprint density at radius 3 is 2.71 bits per heavy atom. The second-order valence-electron chi connectivity index (χ2n) is 3.97. The summed E-state index contributed by atoms with van der Waals surface area (Å²) in [4.78, 5) is 0. The highest BCUT2D eigenvalue weighted by Gasteiger charge is 2.06. The van der Waals surface area contributed by atoms with Crippen molar-refractivity contribution in [1.82, 2.24) is 0 Å². The van der Waals surface area contributed by atoms with Crippen LogP contribution in [0.4, 0.5) is 0 Å². The minimum atomic E-state index is 0.0957. The van der Waals surface area contributed by atoms with E-state index in [4.69, 9.17) is 4.74 Å². The first-order chi connectivity index (χ1) is 8.35. The van der Waals surface area contributed by atoms with Crippen molar-refractivity contribution >= 4 is 10.8 Å². The van der Waals surface area contributed by atoms with Gasteiger partial charge in [-0.15, -0.1) is 0 Å². The van der Waals surface area contributed by atoms with E-state index in [1.165, 1.54) is 5.39 Å². The number of benzene rings is 2. The molecule has 0 spiro atoms. The van der Waals surface area contributed by atoms with E-state index in [-0.39, 0.29) is 6.10 Å². The van der Waals surface area contributed by atoms with Crippen molar-refractivity contribution < 1.29 is 4.74 Å². The molecule has 0 fully saturated rings. The van der Waals surface area contributed by atoms with E-state index < -0.39 is 0 Å². The predicted octanol–water partition coefficient (Wildman–Crippen LogP) is 4.39. The molecule has 0 amide bonds. The van der Waals surface area contributed by atoms with Gasteiger partial charge < -0.3 is 4.74 Å². The largest absolute Gasteiger partial charge is 0.486 e. The quantitative estimate of drug-likeness (QED) is 0.750. The Balaban J connectivity index is 2.35. The third-order valence-electron chi connectivity index (χ3n) is 2.78. The standard InChI is InChI=1S/C16H17O/c1-3-8-14(4-2)17-16-12-7-10-13-9-5-6-11-15(13)16/h3,5-12,14H,1,4H2,2H3/b8-3+. The summed E-state index contributed by atoms with van der Waals surface area (Å²) in [5, 5.41) is 2.37. The molecule has 0 aliphatic carbocycles. The van der Waals surface area contributed by atoms with Gasteiger partial charge in [0.2, 0.25) is 0 Å². The highest BCUT2D eigenvalue weighted by molar-refractivity contribution is 5.88. The number of hydrogen-bond acceptors (Lipinski definition) is 1. The minimum absolute atomic E-state index is 0.0957. The summed E-state index contributed by atoms with van der Waals surface area (Å²) in [5.74, 6) is 0.938. The number of allylic oxidation sites excluding steroid dienone is 1. The monoisotopic (exact) mass is 225 g/mol. The first kappa shape index (κ1) is 11.7. The fraction of sp³-hybridized carbons (Fsp3) is 0.188. The normalized spacial score (nSPS) is 13.1. The molecule has 2 rings (SSSR count). The summed E-state index contributed by atoms with van der Waals surface area (Å²) < 4.78 is 5.99. The summed E-state index contributed by atoms with van der Waals surface area (Å²) in [7, 11) is 0. The van der Waals surface area contributed by atoms with Crippen LogP contribution < -0.4 is 4.74 Å². The van der Waals surface area contributed by atoms with Crippen LogP contribution in [-0.2, 0) is 0 Å². The van der Waals surface area contributed by atoms with Gasteiger partial charge in [-0.1, -0.05) is 49.4 Å². The van der Waals surface area contributed by atoms with Gasteiger partial charge in [-0.25, -0.2) is 0 Å². The van der Waals surface area contributed by atoms with Crippen molar-refractivity contribution in [2.75, 3.05) is 0 Å². The third kappa shape index (κ3) is 2.68. The molecule has 1 unspecified atom stereocenters. The van der Waals surface area contributed by atoms with Crippen molar-refractivity contribution in [2.24, 2.45) is 0 Å². The van der Waals surface area contributed by atoms with Crippen LogP contribution in [0.25, 0.3) is 10.8 Å². The summed E-state index contributed by atoms with van der Waals surface area (Å²) in [6.45, 7) is 5.82. The van der Waals surface area contributed by atoms with E-state index in [1.54, 1.807) is 6.08 Å². The Morgan fingerprint density at radius 1 is 1.18 bits per heavy atom. The maximum atomic E-state index is 5.99. The molecule has 2 aromatic carbocycles. The third-order valence-corrected chi connectivity index (χ3v) is 2.78. The van der Waals surface area contributed by atoms with Crippen LogP contribution in [0.3, 0.4) is 0 Å². The summed E-state index contributed by atoms with van der Waals surface area (Å²) in [5.41, 5.74) is 0. The molecule has 17 heavy (non-hydrogen) atoms. The van der Waals surface area contributed by atoms with Crippen molar-refractivity contribution in [3.05, 3.63) is 61.5 Å². The lowest BCUT2D eigenvalue weighted by molar-refractivity contribution is 0.248. The Labute approximate surface area is 103 Å². The van der Waals surface area contributed by atoms with Gasteiger partial charge >= 0.3 is 0 Å². The van der Waals surface area contributed by atoms with Gasteiger partial charge in [0.1, 0.15) is 11.9 Å². The Bertz CT molecular complexity index is 508. The van der Waals surface area contributed by atoms with Crippen LogP contribution in [0.5, 0.6) is 5.75 Å². The number of rotatable bonds is 4. The van der Waals surface area contributed by atoms with Crippen LogP contribution in [0.2, 0.25) is 0 Å². The minimum Gasteiger partial charge on any atom is -0.486 e. The fourth-order valence-corrected chi connectivity index (χ4v) is 1.87. The second-order valence-corrected chi connectivity index (χ2v) is 3.97. The summed E-state index contributed by atoms with van der Waals surface area (Å²) in [6, 6.07) is 14.4. The van der Waals surface area contributed by atoms with E-state index >= 15 is 0 Å². The van der Waals surface area contributed by atoms with Gasteiger partial charge in [0.25, 0.3) is 0 Å². The molecule has 0 aromatic heterocycles. The zero-order valence-electron chi connectivity index (χ0n) is 10.1. The van der Waals surface area contributed by atoms with Gasteiger partial charge in [-0.05, 0) is 30.9 Å². The molecule has 0 aliphatic rings. The van der Waals surface area contributed by atoms with Gasteiger partial charge in [0.05, 0.1) is 0 Å². The molecule has 0 saturated carbocycles. The first-order valence-electron chi connectivity index (χ1n) is 5.95. The van der Waals surface area contributed by atoms with E-state index in [0.717, 1.165) is 17.6 Å². The zero-order valence-corrected chi connectivity index (χ0v) is 10.1. The molecule has 1 nitrogen and oxygen atoms in total. The Hall–Kier alpha value is -1.76. The lowest BCUT2D eigenvalue weighted by atomic mass is 10.1. The topological polar surface area (TPSA) is 9.23 Å². The number of ether oxygens (including phenoxy) is 1. The van der Waals surface area contributed by atoms with Crippen LogP contribution in [0.15, 0.2) is 54.6 Å². The van der Waals surface area contributed by atoms with E-state index in [9.17, 15) is 0 Å². The smallest absolute Gasteiger partial charge is 0.128 e. The molecule has 0 heterocycles. The predicted molar refractivity (Wildman–Crippen MR) is 73.2 cm³/mol. The average Bonchev–Trinajstić information content (AvgIpc) is 2.38. The maximum Gasteiger partial charge on any atom is 0.128 e. The molecule has 2 aromatic rings. The molecule has 1 atom stereocenters. The molecule has 1 radical (unpaired) electrons. The molecular formula is C16H17O. The molecule has 0 N–H and O–H groups in total. The van der Waals surface area contributed by atoms with Crippen molar-refractivity contribution in [3.63, 3.8) is 0 Å². The summed E-state index contributed by atoms with van der Waals surface area (Å²) in [6.07, 6.45) is 4.81. The fourth-order valence-electron chi connectivity index (χ4n) is 1.87. The first-order valence-corrected chi connectivity index (χ1v) is 5.95. The number of fused-ring (bicyclic) bond motifs is 1. The molecule has 0 bridgehead atoms. The number of hydrogen-bond donors (Lipinski definition) is 0. The van der Waals surface area contributed by atoms with Crippen molar-refractivity contribution in [3.8, 4) is 5.75 Å². The maximum absolute atomic E-state index is 5.99. The van der Waals surface area contributed by atoms with E-state index in [1.807, 2.05) is 30.3 Å². The SMILES string of the molecule is [CH2]/C=C/C(CC)Oc1cccc2ccccc12. The van der Waals surface area contributed by atoms with Crippen LogP contribution in [0.1, 0.15) is 13.3 Å². The summed E-state index contributed by atoms with van der Waals surface area (Å²) >= 11 is 0. The molecule has 87 valence electrons. The Morgan fingerprint density at radius 2 is 1.94 bits per heavy atom. The molecular weight excluding hydrogens is 208 g/mol. The van der Waals surface area contributed by atoms with Crippen LogP contribution in [0, 0.1) is 6.92 Å². The van der Waals surface area contributed by atoms with Crippen molar-refractivity contribution in [2.45, 2.75) is 19.4 Å². The molecule has 0 aliphatic heterocycles. The van der Waals surface area contributed by atoms with E-state index in [0.29, 0.717) is 0 Å². The van der Waals surface area contributed by atoms with Gasteiger partial charge in [-0.2, -0.15) is 0 Å². The van der Waals surface area contributed by atoms with Gasteiger partial charge in [0, 0.05) is 5.39 Å². The molecule has 0 saturated heterocycles. The van der Waals surface area contributed by atoms with Gasteiger partial charge in [-0.3, -0.25) is 0 Å². The lowest BCUT2D eigenvalue weighted by Gasteiger charge is -2.15. The second kappa shape index (κ2) is 5.53. The zero-order chi connectivity index (χ0) is 12.1. The van der Waals surface area contributed by atoms with Crippen molar-refractivity contribution in [1.29, 1.82) is 0 Å². The van der Waals surface area contributed by atoms with Crippen LogP contribution >= 0.6 is 0 Å². The Kier molecular flexibility index (Phi) is 3.81.